The van der Waals surface area contributed by atoms with E-state index < -0.39 is 10.0 Å². The number of benzene rings is 1. The van der Waals surface area contributed by atoms with Crippen LogP contribution in [0.2, 0.25) is 0 Å². The molecule has 0 radical (unpaired) electrons. The van der Waals surface area contributed by atoms with Gasteiger partial charge in [-0.25, -0.2) is 8.42 Å². The lowest BCUT2D eigenvalue weighted by Gasteiger charge is -2.33. The second kappa shape index (κ2) is 6.56. The van der Waals surface area contributed by atoms with E-state index in [0.29, 0.717) is 5.69 Å². The van der Waals surface area contributed by atoms with E-state index in [-0.39, 0.29) is 24.1 Å². The van der Waals surface area contributed by atoms with Gasteiger partial charge in [0, 0.05) is 18.3 Å². The van der Waals surface area contributed by atoms with Crippen molar-refractivity contribution in [1.82, 2.24) is 4.31 Å². The van der Waals surface area contributed by atoms with Gasteiger partial charge in [0.2, 0.25) is 10.0 Å². The number of aliphatic hydroxyl groups excluding tert-OH is 1. The van der Waals surface area contributed by atoms with E-state index in [0.717, 1.165) is 32.1 Å². The molecular weight excluding hydrogens is 276 g/mol. The van der Waals surface area contributed by atoms with Crippen molar-refractivity contribution in [3.8, 4) is 0 Å². The largest absolute Gasteiger partial charge is 0.399 e. The number of sulfonamides is 1. The standard InChI is InChI=1S/C14H22N2O3S/c15-12-5-4-8-14(11-12)20(18,19)16(9-10-17)13-6-2-1-3-7-13/h4-5,8,11,13,17H,1-3,6-7,9-10,15H2. The second-order valence-corrected chi connectivity index (χ2v) is 7.09. The predicted molar refractivity (Wildman–Crippen MR) is 78.7 cm³/mol. The molecule has 0 aliphatic heterocycles. The molecule has 3 N–H and O–H groups in total. The first-order valence-electron chi connectivity index (χ1n) is 7.04. The highest BCUT2D eigenvalue weighted by molar-refractivity contribution is 7.89. The van der Waals surface area contributed by atoms with Crippen LogP contribution >= 0.6 is 0 Å². The molecule has 0 bridgehead atoms. The van der Waals surface area contributed by atoms with Crippen LogP contribution in [0.5, 0.6) is 0 Å². The Bertz CT molecular complexity index is 539. The highest BCUT2D eigenvalue weighted by Gasteiger charge is 2.31. The van der Waals surface area contributed by atoms with Crippen molar-refractivity contribution in [2.75, 3.05) is 18.9 Å². The molecule has 1 aliphatic rings. The van der Waals surface area contributed by atoms with Gasteiger partial charge in [-0.05, 0) is 31.0 Å². The molecular formula is C14H22N2O3S. The maximum atomic E-state index is 12.7. The zero-order valence-corrected chi connectivity index (χ0v) is 12.3. The first-order valence-corrected chi connectivity index (χ1v) is 8.48. The van der Waals surface area contributed by atoms with Crippen molar-refractivity contribution in [3.05, 3.63) is 24.3 Å². The summed E-state index contributed by atoms with van der Waals surface area (Å²) in [4.78, 5) is 0.205. The number of nitrogens with zero attached hydrogens (tertiary/aromatic N) is 1. The summed E-state index contributed by atoms with van der Waals surface area (Å²) in [5.41, 5.74) is 6.10. The number of anilines is 1. The third-order valence-corrected chi connectivity index (χ3v) is 5.71. The maximum absolute atomic E-state index is 12.7. The Balaban J connectivity index is 2.31. The molecule has 112 valence electrons. The first kappa shape index (κ1) is 15.3. The molecule has 0 heterocycles. The van der Waals surface area contributed by atoms with E-state index in [4.69, 9.17) is 5.73 Å². The Labute approximate surface area is 120 Å². The second-order valence-electron chi connectivity index (χ2n) is 5.20. The van der Waals surface area contributed by atoms with E-state index >= 15 is 0 Å². The maximum Gasteiger partial charge on any atom is 0.243 e. The molecule has 1 aromatic carbocycles. The van der Waals surface area contributed by atoms with Crippen LogP contribution in [0.15, 0.2) is 29.2 Å². The number of rotatable bonds is 5. The van der Waals surface area contributed by atoms with Crippen LogP contribution < -0.4 is 5.73 Å². The van der Waals surface area contributed by atoms with Crippen LogP contribution in [0.3, 0.4) is 0 Å². The van der Waals surface area contributed by atoms with Crippen LogP contribution in [0.25, 0.3) is 0 Å². The van der Waals surface area contributed by atoms with Gasteiger partial charge in [0.1, 0.15) is 0 Å². The van der Waals surface area contributed by atoms with Crippen LogP contribution in [0, 0.1) is 0 Å². The smallest absolute Gasteiger partial charge is 0.243 e. The van der Waals surface area contributed by atoms with Crippen molar-refractivity contribution < 1.29 is 13.5 Å². The Morgan fingerprint density at radius 2 is 1.95 bits per heavy atom. The Morgan fingerprint density at radius 1 is 1.25 bits per heavy atom. The van der Waals surface area contributed by atoms with Gasteiger partial charge in [-0.15, -0.1) is 0 Å². The minimum absolute atomic E-state index is 0.0117. The molecule has 0 spiro atoms. The average molecular weight is 298 g/mol. The van der Waals surface area contributed by atoms with Crippen LogP contribution in [-0.2, 0) is 10.0 Å². The van der Waals surface area contributed by atoms with Crippen molar-refractivity contribution in [2.45, 2.75) is 43.0 Å². The lowest BCUT2D eigenvalue weighted by molar-refractivity contribution is 0.199. The molecule has 1 aromatic rings. The summed E-state index contributed by atoms with van der Waals surface area (Å²) in [5.74, 6) is 0. The lowest BCUT2D eigenvalue weighted by atomic mass is 9.95. The Morgan fingerprint density at radius 3 is 2.55 bits per heavy atom. The summed E-state index contributed by atoms with van der Waals surface area (Å²) in [6, 6.07) is 6.32. The molecule has 0 unspecified atom stereocenters. The fourth-order valence-electron chi connectivity index (χ4n) is 2.78. The summed E-state index contributed by atoms with van der Waals surface area (Å²) in [6.07, 6.45) is 4.96. The van der Waals surface area contributed by atoms with Crippen molar-refractivity contribution in [2.24, 2.45) is 0 Å². The molecule has 1 saturated carbocycles. The third-order valence-electron chi connectivity index (χ3n) is 3.77. The summed E-state index contributed by atoms with van der Waals surface area (Å²) >= 11 is 0. The predicted octanol–water partition coefficient (Wildman–Crippen LogP) is 1.58. The Kier molecular flexibility index (Phi) is 5.01. The van der Waals surface area contributed by atoms with Gasteiger partial charge in [0.25, 0.3) is 0 Å². The van der Waals surface area contributed by atoms with Crippen molar-refractivity contribution >= 4 is 15.7 Å². The number of nitrogen functional groups attached to an aromatic ring is 1. The van der Waals surface area contributed by atoms with E-state index in [1.54, 1.807) is 18.2 Å². The number of hydrogen-bond acceptors (Lipinski definition) is 4. The minimum atomic E-state index is -3.59. The van der Waals surface area contributed by atoms with E-state index in [2.05, 4.69) is 0 Å². The van der Waals surface area contributed by atoms with Gasteiger partial charge in [-0.2, -0.15) is 4.31 Å². The van der Waals surface area contributed by atoms with Gasteiger partial charge in [-0.3, -0.25) is 0 Å². The summed E-state index contributed by atoms with van der Waals surface area (Å²) < 4.78 is 26.9. The first-order chi connectivity index (χ1) is 9.55. The van der Waals surface area contributed by atoms with Crippen molar-refractivity contribution in [3.63, 3.8) is 0 Å². The summed E-state index contributed by atoms with van der Waals surface area (Å²) in [7, 11) is -3.59. The van der Waals surface area contributed by atoms with E-state index in [1.165, 1.54) is 10.4 Å². The van der Waals surface area contributed by atoms with Crippen LogP contribution in [0.4, 0.5) is 5.69 Å². The topological polar surface area (TPSA) is 83.6 Å². The molecule has 20 heavy (non-hydrogen) atoms. The monoisotopic (exact) mass is 298 g/mol. The average Bonchev–Trinajstić information content (AvgIpc) is 2.45. The Hall–Kier alpha value is -1.11. The van der Waals surface area contributed by atoms with Gasteiger partial charge in [0.05, 0.1) is 11.5 Å². The normalized spacial score (nSPS) is 17.5. The molecule has 1 aliphatic carbocycles. The van der Waals surface area contributed by atoms with Crippen LogP contribution in [0.1, 0.15) is 32.1 Å². The molecule has 0 amide bonds. The molecule has 1 fully saturated rings. The van der Waals surface area contributed by atoms with Gasteiger partial charge in [0.15, 0.2) is 0 Å². The molecule has 2 rings (SSSR count). The lowest BCUT2D eigenvalue weighted by Crippen LogP contribution is -2.43. The summed E-state index contributed by atoms with van der Waals surface area (Å²) in [6.45, 7) is -0.0279. The number of hydrogen-bond donors (Lipinski definition) is 2. The number of nitrogens with two attached hydrogens (primary N) is 1. The SMILES string of the molecule is Nc1cccc(S(=O)(=O)N(CCO)C2CCCCC2)c1. The zero-order valence-electron chi connectivity index (χ0n) is 11.5. The minimum Gasteiger partial charge on any atom is -0.399 e. The third kappa shape index (κ3) is 3.31. The fraction of sp³-hybridized carbons (Fsp3) is 0.571. The molecule has 0 aromatic heterocycles. The van der Waals surface area contributed by atoms with Crippen LogP contribution in [-0.4, -0.2) is 37.0 Å². The molecule has 5 nitrogen and oxygen atoms in total. The van der Waals surface area contributed by atoms with Gasteiger partial charge < -0.3 is 10.8 Å². The van der Waals surface area contributed by atoms with Crippen molar-refractivity contribution in [1.29, 1.82) is 0 Å². The van der Waals surface area contributed by atoms with E-state index in [9.17, 15) is 13.5 Å². The highest BCUT2D eigenvalue weighted by atomic mass is 32.2. The van der Waals surface area contributed by atoms with Gasteiger partial charge in [-0.1, -0.05) is 25.3 Å². The quantitative estimate of drug-likeness (QED) is 0.809. The zero-order chi connectivity index (χ0) is 14.6. The molecule has 0 saturated heterocycles. The molecule has 0 atom stereocenters. The highest BCUT2D eigenvalue weighted by Crippen LogP contribution is 2.28. The van der Waals surface area contributed by atoms with Gasteiger partial charge >= 0.3 is 0 Å². The number of aliphatic hydroxyl groups is 1. The fourth-order valence-corrected chi connectivity index (χ4v) is 4.51. The molecule has 6 heteroatoms. The van der Waals surface area contributed by atoms with E-state index in [1.807, 2.05) is 0 Å². The summed E-state index contributed by atoms with van der Waals surface area (Å²) in [5, 5.41) is 9.20.